The molecule has 1 saturated carbocycles. The zero-order valence-corrected chi connectivity index (χ0v) is 14.6. The number of rotatable bonds is 5. The van der Waals surface area contributed by atoms with E-state index in [2.05, 4.69) is 31.1 Å². The molecular formula is C19H22N6O. The van der Waals surface area contributed by atoms with Gasteiger partial charge in [0.1, 0.15) is 5.82 Å². The van der Waals surface area contributed by atoms with Gasteiger partial charge in [0.2, 0.25) is 0 Å². The van der Waals surface area contributed by atoms with E-state index in [9.17, 15) is 4.79 Å². The molecule has 1 aliphatic carbocycles. The first-order chi connectivity index (χ1) is 12.7. The van der Waals surface area contributed by atoms with Crippen LogP contribution in [0.5, 0.6) is 0 Å². The molecule has 134 valence electrons. The van der Waals surface area contributed by atoms with Crippen LogP contribution >= 0.6 is 0 Å². The van der Waals surface area contributed by atoms with Gasteiger partial charge in [0.15, 0.2) is 5.82 Å². The fourth-order valence-electron chi connectivity index (χ4n) is 3.01. The fraction of sp³-hybridized carbons (Fsp3) is 0.316. The molecule has 2 heterocycles. The van der Waals surface area contributed by atoms with Crippen molar-refractivity contribution >= 4 is 28.6 Å². The zero-order valence-electron chi connectivity index (χ0n) is 14.6. The average molecular weight is 350 g/mol. The standard InChI is InChI=1S/C19H22N6O/c1-12(13-6-3-2-4-7-13)21-19(26)23-17-10-16-15(11-20-17)18(25-24-16)22-14-8-5-9-14/h2-4,6-7,10-12,14H,5,8-9H2,1H3,(H2,22,24,25)(H2,20,21,23,26)/t12-/m1/s1. The number of benzene rings is 1. The third-order valence-electron chi connectivity index (χ3n) is 4.78. The molecule has 1 aliphatic rings. The Bertz CT molecular complexity index is 903. The Labute approximate surface area is 151 Å². The van der Waals surface area contributed by atoms with Gasteiger partial charge in [0.05, 0.1) is 16.9 Å². The maximum atomic E-state index is 12.2. The van der Waals surface area contributed by atoms with Gasteiger partial charge in [-0.3, -0.25) is 10.4 Å². The molecule has 4 N–H and O–H groups in total. The number of carbonyl (C=O) groups is 1. The number of nitrogens with zero attached hydrogens (tertiary/aromatic N) is 2. The Hall–Kier alpha value is -3.09. The van der Waals surface area contributed by atoms with Gasteiger partial charge in [-0.05, 0) is 31.7 Å². The molecule has 1 aromatic carbocycles. The molecule has 0 unspecified atom stereocenters. The summed E-state index contributed by atoms with van der Waals surface area (Å²) in [4.78, 5) is 16.6. The number of aromatic nitrogens is 3. The highest BCUT2D eigenvalue weighted by atomic mass is 16.2. The number of urea groups is 1. The summed E-state index contributed by atoms with van der Waals surface area (Å²) in [5.74, 6) is 1.31. The third kappa shape index (κ3) is 3.46. The summed E-state index contributed by atoms with van der Waals surface area (Å²) in [7, 11) is 0. The largest absolute Gasteiger partial charge is 0.365 e. The number of amides is 2. The van der Waals surface area contributed by atoms with Crippen molar-refractivity contribution in [2.75, 3.05) is 10.6 Å². The van der Waals surface area contributed by atoms with Crippen molar-refractivity contribution in [1.82, 2.24) is 20.5 Å². The van der Waals surface area contributed by atoms with Crippen LogP contribution in [0.3, 0.4) is 0 Å². The van der Waals surface area contributed by atoms with Crippen LogP contribution in [0, 0.1) is 0 Å². The van der Waals surface area contributed by atoms with E-state index in [0.717, 1.165) is 22.3 Å². The van der Waals surface area contributed by atoms with Gasteiger partial charge in [-0.1, -0.05) is 30.3 Å². The number of nitrogens with one attached hydrogen (secondary N) is 4. The molecule has 1 atom stereocenters. The quantitative estimate of drug-likeness (QED) is 0.563. The molecule has 0 saturated heterocycles. The second kappa shape index (κ2) is 7.03. The smallest absolute Gasteiger partial charge is 0.320 e. The monoisotopic (exact) mass is 350 g/mol. The van der Waals surface area contributed by atoms with Crippen molar-refractivity contribution in [3.8, 4) is 0 Å². The van der Waals surface area contributed by atoms with Gasteiger partial charge < -0.3 is 10.6 Å². The summed E-state index contributed by atoms with van der Waals surface area (Å²) in [6, 6.07) is 11.7. The molecule has 4 rings (SSSR count). The molecule has 0 bridgehead atoms. The van der Waals surface area contributed by atoms with Crippen LogP contribution in [-0.4, -0.2) is 27.3 Å². The first-order valence-electron chi connectivity index (χ1n) is 8.92. The highest BCUT2D eigenvalue weighted by Crippen LogP contribution is 2.27. The molecule has 0 aliphatic heterocycles. The van der Waals surface area contributed by atoms with Gasteiger partial charge in [-0.25, -0.2) is 9.78 Å². The second-order valence-corrected chi connectivity index (χ2v) is 6.69. The Balaban J connectivity index is 1.41. The minimum atomic E-state index is -0.291. The maximum absolute atomic E-state index is 12.2. The van der Waals surface area contributed by atoms with E-state index in [1.165, 1.54) is 19.3 Å². The molecule has 26 heavy (non-hydrogen) atoms. The number of anilines is 2. The number of H-pyrrole nitrogens is 1. The van der Waals surface area contributed by atoms with Gasteiger partial charge in [0.25, 0.3) is 0 Å². The van der Waals surface area contributed by atoms with E-state index in [-0.39, 0.29) is 12.1 Å². The summed E-state index contributed by atoms with van der Waals surface area (Å²) in [5, 5.41) is 17.4. The fourth-order valence-corrected chi connectivity index (χ4v) is 3.01. The lowest BCUT2D eigenvalue weighted by atomic mass is 9.93. The average Bonchev–Trinajstić information content (AvgIpc) is 3.01. The Kier molecular flexibility index (Phi) is 4.43. The predicted molar refractivity (Wildman–Crippen MR) is 102 cm³/mol. The molecule has 0 spiro atoms. The molecular weight excluding hydrogens is 328 g/mol. The van der Waals surface area contributed by atoms with Crippen molar-refractivity contribution in [3.05, 3.63) is 48.2 Å². The molecule has 7 heteroatoms. The number of aromatic amines is 1. The van der Waals surface area contributed by atoms with E-state index in [4.69, 9.17) is 0 Å². The number of hydrogen-bond acceptors (Lipinski definition) is 4. The zero-order chi connectivity index (χ0) is 17.9. The molecule has 1 fully saturated rings. The molecule has 2 aromatic heterocycles. The van der Waals surface area contributed by atoms with E-state index in [1.807, 2.05) is 37.3 Å². The third-order valence-corrected chi connectivity index (χ3v) is 4.78. The topological polar surface area (TPSA) is 94.7 Å². The predicted octanol–water partition coefficient (Wildman–Crippen LogP) is 3.81. The van der Waals surface area contributed by atoms with Crippen LogP contribution in [0.1, 0.15) is 37.8 Å². The highest BCUT2D eigenvalue weighted by molar-refractivity contribution is 5.94. The first kappa shape index (κ1) is 16.4. The Morgan fingerprint density at radius 1 is 1.27 bits per heavy atom. The van der Waals surface area contributed by atoms with Crippen LogP contribution in [0.2, 0.25) is 0 Å². The Morgan fingerprint density at radius 3 is 2.81 bits per heavy atom. The van der Waals surface area contributed by atoms with Crippen LogP contribution in [0.4, 0.5) is 16.4 Å². The van der Waals surface area contributed by atoms with Crippen molar-refractivity contribution in [3.63, 3.8) is 0 Å². The normalized spacial score (nSPS) is 15.3. The lowest BCUT2D eigenvalue weighted by Gasteiger charge is -2.26. The van der Waals surface area contributed by atoms with Crippen LogP contribution in [0.25, 0.3) is 10.9 Å². The summed E-state index contributed by atoms with van der Waals surface area (Å²) in [6.45, 7) is 1.94. The van der Waals surface area contributed by atoms with Crippen LogP contribution in [0.15, 0.2) is 42.6 Å². The molecule has 3 aromatic rings. The lowest BCUT2D eigenvalue weighted by molar-refractivity contribution is 0.249. The summed E-state index contributed by atoms with van der Waals surface area (Å²) >= 11 is 0. The first-order valence-corrected chi connectivity index (χ1v) is 8.92. The molecule has 0 radical (unpaired) electrons. The summed E-state index contributed by atoms with van der Waals surface area (Å²) in [5.41, 5.74) is 1.89. The van der Waals surface area contributed by atoms with Crippen molar-refractivity contribution < 1.29 is 4.79 Å². The highest BCUT2D eigenvalue weighted by Gasteiger charge is 2.19. The van der Waals surface area contributed by atoms with E-state index >= 15 is 0 Å². The number of pyridine rings is 1. The van der Waals surface area contributed by atoms with E-state index in [0.29, 0.717) is 11.9 Å². The minimum Gasteiger partial charge on any atom is -0.365 e. The minimum absolute atomic E-state index is 0.0923. The van der Waals surface area contributed by atoms with Gasteiger partial charge in [-0.15, -0.1) is 0 Å². The number of hydrogen-bond donors (Lipinski definition) is 4. The summed E-state index contributed by atoms with van der Waals surface area (Å²) in [6.07, 6.45) is 5.36. The number of carbonyl (C=O) groups excluding carboxylic acids is 1. The SMILES string of the molecule is C[C@@H](NC(=O)Nc1cc2[nH]nc(NC3CCC3)c2cn1)c1ccccc1. The van der Waals surface area contributed by atoms with Crippen molar-refractivity contribution in [2.45, 2.75) is 38.3 Å². The van der Waals surface area contributed by atoms with E-state index < -0.39 is 0 Å². The van der Waals surface area contributed by atoms with Gasteiger partial charge in [-0.2, -0.15) is 5.10 Å². The van der Waals surface area contributed by atoms with Crippen molar-refractivity contribution in [1.29, 1.82) is 0 Å². The summed E-state index contributed by atoms with van der Waals surface area (Å²) < 4.78 is 0. The molecule has 2 amide bonds. The maximum Gasteiger partial charge on any atom is 0.320 e. The van der Waals surface area contributed by atoms with Crippen LogP contribution in [-0.2, 0) is 0 Å². The Morgan fingerprint density at radius 2 is 2.08 bits per heavy atom. The second-order valence-electron chi connectivity index (χ2n) is 6.69. The number of fused-ring (bicyclic) bond motifs is 1. The van der Waals surface area contributed by atoms with E-state index in [1.54, 1.807) is 12.3 Å². The van der Waals surface area contributed by atoms with Gasteiger partial charge >= 0.3 is 6.03 Å². The van der Waals surface area contributed by atoms with Crippen molar-refractivity contribution in [2.24, 2.45) is 0 Å². The van der Waals surface area contributed by atoms with Gasteiger partial charge in [0, 0.05) is 18.3 Å². The van der Waals surface area contributed by atoms with Crippen LogP contribution < -0.4 is 16.0 Å². The lowest BCUT2D eigenvalue weighted by Crippen LogP contribution is -2.31. The molecule has 7 nitrogen and oxygen atoms in total.